The van der Waals surface area contributed by atoms with Crippen LogP contribution < -0.4 is 10.0 Å². The maximum atomic E-state index is 13.3. The fourth-order valence-corrected chi connectivity index (χ4v) is 7.91. The van der Waals surface area contributed by atoms with E-state index in [9.17, 15) is 13.2 Å². The summed E-state index contributed by atoms with van der Waals surface area (Å²) in [5, 5.41) is 0. The van der Waals surface area contributed by atoms with Gasteiger partial charge in [-0.2, -0.15) is 12.7 Å². The first-order chi connectivity index (χ1) is 14.9. The normalized spacial score (nSPS) is 30.1. The van der Waals surface area contributed by atoms with Gasteiger partial charge in [-0.15, -0.1) is 0 Å². The van der Waals surface area contributed by atoms with Crippen LogP contribution in [-0.2, 0) is 20.4 Å². The Hall–Kier alpha value is -1.64. The van der Waals surface area contributed by atoms with Crippen LogP contribution in [0.1, 0.15) is 56.9 Å². The third kappa shape index (κ3) is 3.38. The summed E-state index contributed by atoms with van der Waals surface area (Å²) in [5.41, 5.74) is 6.61. The van der Waals surface area contributed by atoms with Gasteiger partial charge in [0.1, 0.15) is 5.54 Å². The lowest BCUT2D eigenvalue weighted by Gasteiger charge is -2.43. The molecule has 0 spiro atoms. The molecule has 169 valence electrons. The number of carbonyl (C=O) groups excluding carboxylic acids is 1. The predicted octanol–water partition coefficient (Wildman–Crippen LogP) is 2.18. The highest BCUT2D eigenvalue weighted by molar-refractivity contribution is 7.90. The van der Waals surface area contributed by atoms with Crippen LogP contribution in [0.15, 0.2) is 24.3 Å². The quantitative estimate of drug-likeness (QED) is 0.727. The molecule has 8 heteroatoms. The molecule has 1 saturated carbocycles. The van der Waals surface area contributed by atoms with Gasteiger partial charge in [-0.05, 0) is 94.1 Å². The largest absolute Gasteiger partial charge is 0.368 e. The minimum atomic E-state index is -3.78. The number of nitrogens with zero attached hydrogens (tertiary/aromatic N) is 3. The first kappa shape index (κ1) is 21.2. The van der Waals surface area contributed by atoms with E-state index in [1.807, 2.05) is 12.1 Å². The lowest BCUT2D eigenvalue weighted by atomic mass is 9.62. The lowest BCUT2D eigenvalue weighted by Crippen LogP contribution is -2.59. The lowest BCUT2D eigenvalue weighted by molar-refractivity contribution is -0.125. The minimum absolute atomic E-state index is 0.0596. The van der Waals surface area contributed by atoms with Gasteiger partial charge in [0.05, 0.1) is 12.2 Å². The van der Waals surface area contributed by atoms with Crippen molar-refractivity contribution in [2.45, 2.75) is 62.3 Å². The van der Waals surface area contributed by atoms with Crippen LogP contribution in [0.5, 0.6) is 0 Å². The molecule has 1 amide bonds. The Labute approximate surface area is 185 Å². The van der Waals surface area contributed by atoms with Crippen molar-refractivity contribution < 1.29 is 13.2 Å². The van der Waals surface area contributed by atoms with Crippen molar-refractivity contribution in [1.82, 2.24) is 9.21 Å². The first-order valence-corrected chi connectivity index (χ1v) is 13.0. The third-order valence-electron chi connectivity index (χ3n) is 8.04. The number of primary amides is 1. The average molecular weight is 446 g/mol. The van der Waals surface area contributed by atoms with Crippen molar-refractivity contribution in [3.05, 3.63) is 36.2 Å². The monoisotopic (exact) mass is 445 g/mol. The van der Waals surface area contributed by atoms with E-state index in [2.05, 4.69) is 17.0 Å². The highest BCUT2D eigenvalue weighted by Crippen LogP contribution is 2.47. The average Bonchev–Trinajstić information content (AvgIpc) is 3.33. The van der Waals surface area contributed by atoms with E-state index in [0.29, 0.717) is 25.1 Å². The second-order valence-corrected chi connectivity index (χ2v) is 11.5. The first-order valence-electron chi connectivity index (χ1n) is 11.7. The molecule has 2 N–H and O–H groups in total. The van der Waals surface area contributed by atoms with Gasteiger partial charge >= 0.3 is 10.2 Å². The Morgan fingerprint density at radius 2 is 1.71 bits per heavy atom. The molecule has 0 unspecified atom stereocenters. The predicted molar refractivity (Wildman–Crippen MR) is 121 cm³/mol. The molecule has 1 radical (unpaired) electrons. The summed E-state index contributed by atoms with van der Waals surface area (Å²) in [7, 11) is -3.78. The van der Waals surface area contributed by atoms with Gasteiger partial charge < -0.3 is 10.6 Å². The molecule has 3 aliphatic heterocycles. The van der Waals surface area contributed by atoms with Crippen LogP contribution in [0.2, 0.25) is 0 Å². The smallest absolute Gasteiger partial charge is 0.305 e. The molecule has 0 bridgehead atoms. The molecule has 3 heterocycles. The number of amides is 1. The number of hydrogen-bond donors (Lipinski definition) is 1. The summed E-state index contributed by atoms with van der Waals surface area (Å²) in [4.78, 5) is 14.9. The van der Waals surface area contributed by atoms with Crippen molar-refractivity contribution in [1.29, 1.82) is 0 Å². The van der Waals surface area contributed by atoms with Crippen LogP contribution in [0.3, 0.4) is 0 Å². The molecular weight excluding hydrogens is 412 g/mol. The van der Waals surface area contributed by atoms with Crippen molar-refractivity contribution in [3.63, 3.8) is 0 Å². The van der Waals surface area contributed by atoms with Crippen molar-refractivity contribution in [2.75, 3.05) is 37.0 Å². The fourth-order valence-electron chi connectivity index (χ4n) is 5.93. The molecule has 31 heavy (non-hydrogen) atoms. The molecule has 0 aromatic heterocycles. The van der Waals surface area contributed by atoms with Gasteiger partial charge in [0, 0.05) is 6.54 Å². The summed E-state index contributed by atoms with van der Waals surface area (Å²) in [6.45, 7) is 3.97. The SMILES string of the molecule is NC(=O)[C@]12[CH]CCCN1S(=O)(=O)N(c1ccc(C3(CCN4CCCC4)CCC3)cc1)C2. The summed E-state index contributed by atoms with van der Waals surface area (Å²) < 4.78 is 29.2. The van der Waals surface area contributed by atoms with Gasteiger partial charge in [-0.25, -0.2) is 0 Å². The molecule has 1 atom stereocenters. The van der Waals surface area contributed by atoms with Crippen LogP contribution >= 0.6 is 0 Å². The molecule has 1 aromatic rings. The van der Waals surface area contributed by atoms with Gasteiger partial charge in [0.15, 0.2) is 0 Å². The van der Waals surface area contributed by atoms with Gasteiger partial charge in [-0.1, -0.05) is 18.6 Å². The van der Waals surface area contributed by atoms with E-state index in [1.54, 1.807) is 6.42 Å². The number of likely N-dealkylation sites (tertiary alicyclic amines) is 1. The van der Waals surface area contributed by atoms with Crippen molar-refractivity contribution >= 4 is 21.8 Å². The number of hydrogen-bond acceptors (Lipinski definition) is 4. The summed E-state index contributed by atoms with van der Waals surface area (Å²) in [6, 6.07) is 8.03. The Balaban J connectivity index is 1.37. The molecule has 4 aliphatic rings. The Morgan fingerprint density at radius 3 is 2.29 bits per heavy atom. The fraction of sp³-hybridized carbons (Fsp3) is 0.652. The molecule has 4 fully saturated rings. The zero-order valence-electron chi connectivity index (χ0n) is 18.1. The van der Waals surface area contributed by atoms with Crippen molar-refractivity contribution in [2.24, 2.45) is 5.73 Å². The number of anilines is 1. The van der Waals surface area contributed by atoms with Crippen LogP contribution in [0.4, 0.5) is 5.69 Å². The van der Waals surface area contributed by atoms with E-state index < -0.39 is 21.7 Å². The number of fused-ring (bicyclic) bond motifs is 1. The van der Waals surface area contributed by atoms with E-state index in [-0.39, 0.29) is 12.0 Å². The number of carbonyl (C=O) groups is 1. The summed E-state index contributed by atoms with van der Waals surface area (Å²) >= 11 is 0. The zero-order valence-corrected chi connectivity index (χ0v) is 18.9. The number of rotatable bonds is 6. The second kappa shape index (κ2) is 7.74. The number of nitrogens with two attached hydrogens (primary N) is 1. The molecule has 7 nitrogen and oxygen atoms in total. The molecule has 1 aliphatic carbocycles. The second-order valence-electron chi connectivity index (χ2n) is 9.70. The van der Waals surface area contributed by atoms with Gasteiger partial charge in [0.25, 0.3) is 0 Å². The maximum Gasteiger partial charge on any atom is 0.305 e. The minimum Gasteiger partial charge on any atom is -0.368 e. The van der Waals surface area contributed by atoms with Gasteiger partial charge in [-0.3, -0.25) is 9.10 Å². The molecular formula is C23H33N4O3S. The third-order valence-corrected chi connectivity index (χ3v) is 10.0. The summed E-state index contributed by atoms with van der Waals surface area (Å²) in [6.07, 6.45) is 10.6. The van der Waals surface area contributed by atoms with Crippen LogP contribution in [0.25, 0.3) is 0 Å². The van der Waals surface area contributed by atoms with E-state index >= 15 is 0 Å². The van der Waals surface area contributed by atoms with E-state index in [1.165, 1.54) is 65.8 Å². The van der Waals surface area contributed by atoms with Gasteiger partial charge in [0.2, 0.25) is 5.91 Å². The highest BCUT2D eigenvalue weighted by atomic mass is 32.2. The number of benzene rings is 1. The standard InChI is InChI=1S/C23H33N4O3S/c24-21(28)23-12-1-2-16-27(23)31(29,30)26(18-23)20-8-6-19(7-9-20)22(10-5-11-22)13-17-25-14-3-4-15-25/h6-9,12H,1-5,10-11,13-18H2,(H2,24,28)/t23-/m1/s1. The zero-order chi connectivity index (χ0) is 21.7. The molecule has 5 rings (SSSR count). The summed E-state index contributed by atoms with van der Waals surface area (Å²) in [5.74, 6) is -0.592. The Morgan fingerprint density at radius 1 is 1.00 bits per heavy atom. The van der Waals surface area contributed by atoms with E-state index in [0.717, 1.165) is 6.54 Å². The Kier molecular flexibility index (Phi) is 5.30. The van der Waals surface area contributed by atoms with Crippen molar-refractivity contribution in [3.8, 4) is 0 Å². The van der Waals surface area contributed by atoms with E-state index in [4.69, 9.17) is 5.73 Å². The molecule has 3 saturated heterocycles. The van der Waals surface area contributed by atoms with Crippen LogP contribution in [-0.4, -0.2) is 61.8 Å². The van der Waals surface area contributed by atoms with Crippen LogP contribution in [0, 0.1) is 6.42 Å². The number of piperidine rings is 1. The highest BCUT2D eigenvalue weighted by Gasteiger charge is 2.59. The maximum absolute atomic E-state index is 13.3. The topological polar surface area (TPSA) is 86.9 Å². The Bertz CT molecular complexity index is 938. The molecule has 1 aromatic carbocycles.